The van der Waals surface area contributed by atoms with Crippen LogP contribution in [-0.4, -0.2) is 30.9 Å². The van der Waals surface area contributed by atoms with Crippen molar-refractivity contribution in [2.24, 2.45) is 11.1 Å². The highest BCUT2D eigenvalue weighted by atomic mass is 19.1. The number of ether oxygens (including phenoxy) is 1. The molecule has 6 heteroatoms. The highest BCUT2D eigenvalue weighted by Gasteiger charge is 2.22. The average molecular weight is 348 g/mol. The molecule has 0 spiro atoms. The zero-order valence-electron chi connectivity index (χ0n) is 14.6. The van der Waals surface area contributed by atoms with Crippen molar-refractivity contribution in [2.75, 3.05) is 20.1 Å². The van der Waals surface area contributed by atoms with Gasteiger partial charge in [-0.05, 0) is 48.4 Å². The molecule has 0 bridgehead atoms. The molecule has 0 atom stereocenters. The maximum Gasteiger partial charge on any atom is 0.253 e. The zero-order chi connectivity index (χ0) is 18.6. The third-order valence-corrected chi connectivity index (χ3v) is 3.79. The molecule has 0 aliphatic carbocycles. The normalized spacial score (nSPS) is 11.3. The van der Waals surface area contributed by atoms with Gasteiger partial charge >= 0.3 is 0 Å². The molecule has 25 heavy (non-hydrogen) atoms. The number of nitrogens with zero attached hydrogens (tertiary/aromatic N) is 1. The third kappa shape index (κ3) is 5.00. The van der Waals surface area contributed by atoms with Gasteiger partial charge in [-0.25, -0.2) is 8.78 Å². The molecule has 0 fully saturated rings. The summed E-state index contributed by atoms with van der Waals surface area (Å²) in [5, 5.41) is 0. The predicted molar refractivity (Wildman–Crippen MR) is 92.7 cm³/mol. The Morgan fingerprint density at radius 1 is 1.16 bits per heavy atom. The highest BCUT2D eigenvalue weighted by Crippen LogP contribution is 2.25. The van der Waals surface area contributed by atoms with Crippen LogP contribution in [0.3, 0.4) is 0 Å². The average Bonchev–Trinajstić information content (AvgIpc) is 2.57. The fraction of sp³-hybridized carbons (Fsp3) is 0.316. The largest absolute Gasteiger partial charge is 0.454 e. The summed E-state index contributed by atoms with van der Waals surface area (Å²) in [6.07, 6.45) is 0. The van der Waals surface area contributed by atoms with Crippen molar-refractivity contribution < 1.29 is 18.3 Å². The molecule has 0 saturated carbocycles. The van der Waals surface area contributed by atoms with Gasteiger partial charge in [0, 0.05) is 25.2 Å². The second kappa shape index (κ2) is 7.61. The van der Waals surface area contributed by atoms with Gasteiger partial charge in [0.25, 0.3) is 5.91 Å². The SMILES string of the molecule is CN(CC(C)(C)CN)C(=O)c1ccc(Oc2ccc(F)cc2F)cc1. The van der Waals surface area contributed by atoms with Crippen molar-refractivity contribution in [3.8, 4) is 11.5 Å². The molecule has 2 N–H and O–H groups in total. The van der Waals surface area contributed by atoms with Crippen LogP contribution < -0.4 is 10.5 Å². The van der Waals surface area contributed by atoms with Crippen LogP contribution in [0.25, 0.3) is 0 Å². The van der Waals surface area contributed by atoms with Crippen LogP contribution >= 0.6 is 0 Å². The molecule has 0 unspecified atom stereocenters. The van der Waals surface area contributed by atoms with Crippen LogP contribution in [0.2, 0.25) is 0 Å². The van der Waals surface area contributed by atoms with Crippen LogP contribution in [-0.2, 0) is 0 Å². The number of rotatable bonds is 6. The summed E-state index contributed by atoms with van der Waals surface area (Å²) in [7, 11) is 1.72. The number of nitrogens with two attached hydrogens (primary N) is 1. The van der Waals surface area contributed by atoms with E-state index in [9.17, 15) is 13.6 Å². The van der Waals surface area contributed by atoms with Gasteiger partial charge in [0.15, 0.2) is 11.6 Å². The van der Waals surface area contributed by atoms with E-state index in [-0.39, 0.29) is 17.1 Å². The minimum Gasteiger partial charge on any atom is -0.454 e. The molecule has 2 aromatic rings. The van der Waals surface area contributed by atoms with Crippen molar-refractivity contribution in [2.45, 2.75) is 13.8 Å². The van der Waals surface area contributed by atoms with E-state index in [0.717, 1.165) is 12.1 Å². The van der Waals surface area contributed by atoms with Crippen molar-refractivity contribution in [1.29, 1.82) is 0 Å². The summed E-state index contributed by atoms with van der Waals surface area (Å²) in [5.74, 6) is -1.33. The molecule has 2 aromatic carbocycles. The van der Waals surface area contributed by atoms with Crippen molar-refractivity contribution >= 4 is 5.91 Å². The van der Waals surface area contributed by atoms with Crippen LogP contribution in [0.4, 0.5) is 8.78 Å². The highest BCUT2D eigenvalue weighted by molar-refractivity contribution is 5.94. The van der Waals surface area contributed by atoms with E-state index in [1.54, 1.807) is 36.2 Å². The van der Waals surface area contributed by atoms with Gasteiger partial charge < -0.3 is 15.4 Å². The molecular weight excluding hydrogens is 326 g/mol. The summed E-state index contributed by atoms with van der Waals surface area (Å²) >= 11 is 0. The first-order chi connectivity index (χ1) is 11.7. The standard InChI is InChI=1S/C19H22F2N2O2/c1-19(2,11-22)12-23(3)18(24)13-4-7-15(8-5-13)25-17-9-6-14(20)10-16(17)21/h4-10H,11-12,22H2,1-3H3. The van der Waals surface area contributed by atoms with Crippen molar-refractivity contribution in [3.05, 3.63) is 59.7 Å². The lowest BCUT2D eigenvalue weighted by Crippen LogP contribution is -2.39. The Hall–Kier alpha value is -2.47. The van der Waals surface area contributed by atoms with E-state index in [1.807, 2.05) is 13.8 Å². The van der Waals surface area contributed by atoms with E-state index < -0.39 is 11.6 Å². The van der Waals surface area contributed by atoms with Crippen LogP contribution in [0.5, 0.6) is 11.5 Å². The molecule has 0 radical (unpaired) electrons. The van der Waals surface area contributed by atoms with E-state index in [0.29, 0.717) is 24.4 Å². The number of carbonyl (C=O) groups excluding carboxylic acids is 1. The van der Waals surface area contributed by atoms with Crippen LogP contribution in [0.1, 0.15) is 24.2 Å². The van der Waals surface area contributed by atoms with Crippen LogP contribution in [0.15, 0.2) is 42.5 Å². The van der Waals surface area contributed by atoms with Crippen LogP contribution in [0, 0.1) is 17.0 Å². The molecule has 0 heterocycles. The Bertz CT molecular complexity index is 746. The molecular formula is C19H22F2N2O2. The topological polar surface area (TPSA) is 55.6 Å². The lowest BCUT2D eigenvalue weighted by atomic mass is 9.93. The first-order valence-electron chi connectivity index (χ1n) is 7.90. The molecule has 0 aliphatic heterocycles. The summed E-state index contributed by atoms with van der Waals surface area (Å²) in [5.41, 5.74) is 6.01. The maximum atomic E-state index is 13.6. The smallest absolute Gasteiger partial charge is 0.253 e. The number of halogens is 2. The Morgan fingerprint density at radius 2 is 1.80 bits per heavy atom. The van der Waals surface area contributed by atoms with Crippen molar-refractivity contribution in [1.82, 2.24) is 4.90 Å². The molecule has 2 rings (SSSR count). The van der Waals surface area contributed by atoms with Gasteiger partial charge in [0.05, 0.1) is 0 Å². The first kappa shape index (κ1) is 18.9. The fourth-order valence-electron chi connectivity index (χ4n) is 2.35. The number of amides is 1. The molecule has 0 aliphatic rings. The van der Waals surface area contributed by atoms with E-state index in [4.69, 9.17) is 10.5 Å². The lowest BCUT2D eigenvalue weighted by molar-refractivity contribution is 0.0740. The van der Waals surface area contributed by atoms with Gasteiger partial charge in [-0.3, -0.25) is 4.79 Å². The Labute approximate surface area is 146 Å². The summed E-state index contributed by atoms with van der Waals surface area (Å²) in [6, 6.07) is 9.42. The lowest BCUT2D eigenvalue weighted by Gasteiger charge is -2.29. The van der Waals surface area contributed by atoms with Gasteiger partial charge in [0.1, 0.15) is 11.6 Å². The van der Waals surface area contributed by atoms with Crippen molar-refractivity contribution in [3.63, 3.8) is 0 Å². The Morgan fingerprint density at radius 3 is 2.36 bits per heavy atom. The van der Waals surface area contributed by atoms with E-state index in [1.165, 1.54) is 6.07 Å². The molecule has 4 nitrogen and oxygen atoms in total. The fourth-order valence-corrected chi connectivity index (χ4v) is 2.35. The minimum absolute atomic E-state index is 0.0812. The summed E-state index contributed by atoms with van der Waals surface area (Å²) < 4.78 is 31.9. The van der Waals surface area contributed by atoms with Gasteiger partial charge in [0.2, 0.25) is 0 Å². The van der Waals surface area contributed by atoms with E-state index in [2.05, 4.69) is 0 Å². The minimum atomic E-state index is -0.788. The Kier molecular flexibility index (Phi) is 5.74. The van der Waals surface area contributed by atoms with Gasteiger partial charge in [-0.15, -0.1) is 0 Å². The van der Waals surface area contributed by atoms with Gasteiger partial charge in [-0.1, -0.05) is 13.8 Å². The van der Waals surface area contributed by atoms with E-state index >= 15 is 0 Å². The quantitative estimate of drug-likeness (QED) is 0.863. The summed E-state index contributed by atoms with van der Waals surface area (Å²) in [6.45, 7) is 4.98. The number of benzene rings is 2. The summed E-state index contributed by atoms with van der Waals surface area (Å²) in [4.78, 5) is 14.1. The third-order valence-electron chi connectivity index (χ3n) is 3.79. The Balaban J connectivity index is 2.07. The molecule has 1 amide bonds. The number of carbonyl (C=O) groups is 1. The molecule has 0 aromatic heterocycles. The maximum absolute atomic E-state index is 13.6. The predicted octanol–water partition coefficient (Wildman–Crippen LogP) is 3.81. The first-order valence-corrected chi connectivity index (χ1v) is 7.90. The second-order valence-electron chi connectivity index (χ2n) is 6.73. The number of hydrogen-bond donors (Lipinski definition) is 1. The molecule has 134 valence electrons. The molecule has 0 saturated heterocycles. The second-order valence-corrected chi connectivity index (χ2v) is 6.73. The number of hydrogen-bond acceptors (Lipinski definition) is 3. The monoisotopic (exact) mass is 348 g/mol. The van der Waals surface area contributed by atoms with Gasteiger partial charge in [-0.2, -0.15) is 0 Å². The zero-order valence-corrected chi connectivity index (χ0v) is 14.6.